The summed E-state index contributed by atoms with van der Waals surface area (Å²) in [6, 6.07) is 5.54. The summed E-state index contributed by atoms with van der Waals surface area (Å²) in [5.74, 6) is 1.12. The standard InChI is InChI=1S/C10H11Cl2N3/c11-4-1-5-15-9-6-7(12)2-3-8(9)14-10(15)13/h2-3,6H,1,4-5H2,(H2,13,14). The first-order valence-electron chi connectivity index (χ1n) is 4.69. The summed E-state index contributed by atoms with van der Waals surface area (Å²) in [4.78, 5) is 4.25. The summed E-state index contributed by atoms with van der Waals surface area (Å²) in [6.45, 7) is 0.770. The second-order valence-electron chi connectivity index (χ2n) is 3.30. The molecule has 15 heavy (non-hydrogen) atoms. The normalized spacial score (nSPS) is 11.1. The van der Waals surface area contributed by atoms with E-state index < -0.39 is 0 Å². The molecule has 1 aromatic carbocycles. The molecule has 0 fully saturated rings. The number of fused-ring (bicyclic) bond motifs is 1. The van der Waals surface area contributed by atoms with Crippen molar-refractivity contribution in [3.8, 4) is 0 Å². The number of hydrogen-bond donors (Lipinski definition) is 1. The highest BCUT2D eigenvalue weighted by Crippen LogP contribution is 2.22. The van der Waals surface area contributed by atoms with Crippen LogP contribution in [0.3, 0.4) is 0 Å². The van der Waals surface area contributed by atoms with Gasteiger partial charge in [-0.15, -0.1) is 11.6 Å². The Balaban J connectivity index is 2.50. The van der Waals surface area contributed by atoms with E-state index >= 15 is 0 Å². The second-order valence-corrected chi connectivity index (χ2v) is 4.11. The number of benzene rings is 1. The Kier molecular flexibility index (Phi) is 3.03. The molecule has 0 unspecified atom stereocenters. The summed E-state index contributed by atoms with van der Waals surface area (Å²) < 4.78 is 1.93. The van der Waals surface area contributed by atoms with Crippen LogP contribution in [0.1, 0.15) is 6.42 Å². The van der Waals surface area contributed by atoms with Gasteiger partial charge in [0.15, 0.2) is 0 Å². The van der Waals surface area contributed by atoms with Crippen molar-refractivity contribution >= 4 is 40.2 Å². The van der Waals surface area contributed by atoms with Crippen LogP contribution >= 0.6 is 23.2 Å². The van der Waals surface area contributed by atoms with E-state index in [9.17, 15) is 0 Å². The molecule has 2 rings (SSSR count). The molecule has 0 saturated carbocycles. The molecule has 0 saturated heterocycles. The third kappa shape index (κ3) is 2.03. The van der Waals surface area contributed by atoms with Gasteiger partial charge in [0.25, 0.3) is 0 Å². The summed E-state index contributed by atoms with van der Waals surface area (Å²) in [7, 11) is 0. The number of aryl methyl sites for hydroxylation is 1. The minimum Gasteiger partial charge on any atom is -0.369 e. The van der Waals surface area contributed by atoms with Crippen molar-refractivity contribution in [3.05, 3.63) is 23.2 Å². The van der Waals surface area contributed by atoms with Gasteiger partial charge in [-0.25, -0.2) is 4.98 Å². The Bertz CT molecular complexity index is 479. The van der Waals surface area contributed by atoms with Crippen LogP contribution in [-0.2, 0) is 6.54 Å². The number of alkyl halides is 1. The number of aromatic nitrogens is 2. The highest BCUT2D eigenvalue weighted by molar-refractivity contribution is 6.31. The maximum absolute atomic E-state index is 5.93. The third-order valence-electron chi connectivity index (χ3n) is 2.26. The van der Waals surface area contributed by atoms with Crippen molar-refractivity contribution in [2.75, 3.05) is 11.6 Å². The summed E-state index contributed by atoms with van der Waals surface area (Å²) in [5.41, 5.74) is 7.64. The van der Waals surface area contributed by atoms with E-state index in [2.05, 4.69) is 4.98 Å². The van der Waals surface area contributed by atoms with Crippen LogP contribution in [0.2, 0.25) is 5.02 Å². The predicted octanol–water partition coefficient (Wildman–Crippen LogP) is 2.90. The van der Waals surface area contributed by atoms with Gasteiger partial charge in [0.05, 0.1) is 11.0 Å². The van der Waals surface area contributed by atoms with Crippen LogP contribution in [0, 0.1) is 0 Å². The Morgan fingerprint density at radius 1 is 1.40 bits per heavy atom. The van der Waals surface area contributed by atoms with Crippen molar-refractivity contribution in [1.82, 2.24) is 9.55 Å². The molecule has 0 aliphatic rings. The number of imidazole rings is 1. The molecular weight excluding hydrogens is 233 g/mol. The molecule has 1 aromatic heterocycles. The summed E-state index contributed by atoms with van der Waals surface area (Å²) >= 11 is 11.6. The summed E-state index contributed by atoms with van der Waals surface area (Å²) in [5, 5.41) is 0.689. The van der Waals surface area contributed by atoms with Crippen molar-refractivity contribution < 1.29 is 0 Å². The lowest BCUT2D eigenvalue weighted by molar-refractivity contribution is 0.710. The number of nitrogens with zero attached hydrogens (tertiary/aromatic N) is 2. The van der Waals surface area contributed by atoms with Crippen molar-refractivity contribution in [1.29, 1.82) is 0 Å². The third-order valence-corrected chi connectivity index (χ3v) is 2.76. The fraction of sp³-hybridized carbons (Fsp3) is 0.300. The van der Waals surface area contributed by atoms with Gasteiger partial charge in [-0.1, -0.05) is 11.6 Å². The minimum atomic E-state index is 0.511. The fourth-order valence-corrected chi connectivity index (χ4v) is 1.85. The molecular formula is C10H11Cl2N3. The quantitative estimate of drug-likeness (QED) is 0.843. The van der Waals surface area contributed by atoms with E-state index in [1.54, 1.807) is 0 Å². The number of halogens is 2. The van der Waals surface area contributed by atoms with E-state index in [4.69, 9.17) is 28.9 Å². The zero-order valence-corrected chi connectivity index (χ0v) is 9.59. The molecule has 0 aliphatic heterocycles. The van der Waals surface area contributed by atoms with Crippen LogP contribution < -0.4 is 5.73 Å². The first-order valence-corrected chi connectivity index (χ1v) is 5.61. The molecule has 0 atom stereocenters. The van der Waals surface area contributed by atoms with Gasteiger partial charge in [-0.2, -0.15) is 0 Å². The molecule has 80 valence electrons. The first-order chi connectivity index (χ1) is 7.22. The van der Waals surface area contributed by atoms with Crippen molar-refractivity contribution in [2.45, 2.75) is 13.0 Å². The van der Waals surface area contributed by atoms with Gasteiger partial charge in [-0.05, 0) is 24.6 Å². The molecule has 2 aromatic rings. The molecule has 2 N–H and O–H groups in total. The molecule has 0 aliphatic carbocycles. The average Bonchev–Trinajstić information content (AvgIpc) is 2.51. The maximum Gasteiger partial charge on any atom is 0.201 e. The Labute approximate surface area is 97.8 Å². The molecule has 0 bridgehead atoms. The van der Waals surface area contributed by atoms with Crippen LogP contribution in [0.25, 0.3) is 11.0 Å². The summed E-state index contributed by atoms with van der Waals surface area (Å²) in [6.07, 6.45) is 0.865. The van der Waals surface area contributed by atoms with Crippen LogP contribution in [0.15, 0.2) is 18.2 Å². The van der Waals surface area contributed by atoms with Crippen molar-refractivity contribution in [3.63, 3.8) is 0 Å². The van der Waals surface area contributed by atoms with Crippen LogP contribution in [-0.4, -0.2) is 15.4 Å². The second kappa shape index (κ2) is 4.29. The van der Waals surface area contributed by atoms with E-state index in [0.717, 1.165) is 24.0 Å². The lowest BCUT2D eigenvalue weighted by Crippen LogP contribution is -2.03. The molecule has 0 amide bonds. The smallest absolute Gasteiger partial charge is 0.201 e. The average molecular weight is 244 g/mol. The Morgan fingerprint density at radius 3 is 2.93 bits per heavy atom. The predicted molar refractivity (Wildman–Crippen MR) is 64.5 cm³/mol. The van der Waals surface area contributed by atoms with Crippen LogP contribution in [0.4, 0.5) is 5.95 Å². The minimum absolute atomic E-state index is 0.511. The van der Waals surface area contributed by atoms with Gasteiger partial charge in [-0.3, -0.25) is 0 Å². The van der Waals surface area contributed by atoms with E-state index in [0.29, 0.717) is 16.9 Å². The topological polar surface area (TPSA) is 43.8 Å². The monoisotopic (exact) mass is 243 g/mol. The lowest BCUT2D eigenvalue weighted by atomic mass is 10.3. The molecule has 0 radical (unpaired) electrons. The number of nitrogens with two attached hydrogens (primary N) is 1. The van der Waals surface area contributed by atoms with Gasteiger partial charge in [0.1, 0.15) is 0 Å². The van der Waals surface area contributed by atoms with E-state index in [1.165, 1.54) is 0 Å². The molecule has 3 nitrogen and oxygen atoms in total. The van der Waals surface area contributed by atoms with Crippen LogP contribution in [0.5, 0.6) is 0 Å². The highest BCUT2D eigenvalue weighted by Gasteiger charge is 2.07. The largest absolute Gasteiger partial charge is 0.369 e. The molecule has 0 spiro atoms. The molecule has 1 heterocycles. The zero-order valence-electron chi connectivity index (χ0n) is 8.08. The SMILES string of the molecule is Nc1nc2ccc(Cl)cc2n1CCCCl. The van der Waals surface area contributed by atoms with Gasteiger partial charge < -0.3 is 10.3 Å². The fourth-order valence-electron chi connectivity index (χ4n) is 1.57. The lowest BCUT2D eigenvalue weighted by Gasteiger charge is -2.04. The first kappa shape index (κ1) is 10.6. The number of rotatable bonds is 3. The van der Waals surface area contributed by atoms with Crippen molar-refractivity contribution in [2.24, 2.45) is 0 Å². The maximum atomic E-state index is 5.93. The highest BCUT2D eigenvalue weighted by atomic mass is 35.5. The number of anilines is 1. The number of nitrogen functional groups attached to an aromatic ring is 1. The van der Waals surface area contributed by atoms with Gasteiger partial charge in [0, 0.05) is 17.4 Å². The van der Waals surface area contributed by atoms with Gasteiger partial charge in [0.2, 0.25) is 5.95 Å². The Hall–Kier alpha value is -0.930. The number of hydrogen-bond acceptors (Lipinski definition) is 2. The molecule has 5 heteroatoms. The van der Waals surface area contributed by atoms with E-state index in [-0.39, 0.29) is 0 Å². The zero-order chi connectivity index (χ0) is 10.8. The van der Waals surface area contributed by atoms with E-state index in [1.807, 2.05) is 22.8 Å². The Morgan fingerprint density at radius 2 is 2.20 bits per heavy atom. The van der Waals surface area contributed by atoms with Gasteiger partial charge >= 0.3 is 0 Å².